The molecule has 13 heavy (non-hydrogen) atoms. The Balaban J connectivity index is 3.43. The number of alkyl halides is 1. The van der Waals surface area contributed by atoms with E-state index in [0.29, 0.717) is 5.92 Å². The van der Waals surface area contributed by atoms with Gasteiger partial charge in [0.05, 0.1) is 6.17 Å². The van der Waals surface area contributed by atoms with Gasteiger partial charge in [0.25, 0.3) is 0 Å². The topological polar surface area (TPSA) is 0 Å². The predicted molar refractivity (Wildman–Crippen MR) is 57.7 cm³/mol. The van der Waals surface area contributed by atoms with Crippen molar-refractivity contribution in [1.82, 2.24) is 0 Å². The number of rotatable bonds is 7. The maximum absolute atomic E-state index is 12.5. The third-order valence-electron chi connectivity index (χ3n) is 2.64. The Kier molecular flexibility index (Phi) is 7.31. The van der Waals surface area contributed by atoms with Crippen LogP contribution in [0.15, 0.2) is 0 Å². The first-order valence-corrected chi connectivity index (χ1v) is 5.70. The zero-order valence-corrected chi connectivity index (χ0v) is 9.65. The van der Waals surface area contributed by atoms with E-state index in [0.717, 1.165) is 18.8 Å². The molecular formula is C12H25F. The minimum Gasteiger partial charge on any atom is -0.248 e. The zero-order valence-electron chi connectivity index (χ0n) is 9.65. The summed E-state index contributed by atoms with van der Waals surface area (Å²) in [7, 11) is 0. The van der Waals surface area contributed by atoms with Crippen molar-refractivity contribution in [2.24, 2.45) is 11.8 Å². The first-order chi connectivity index (χ1) is 6.06. The van der Waals surface area contributed by atoms with E-state index >= 15 is 0 Å². The van der Waals surface area contributed by atoms with Gasteiger partial charge in [-0.3, -0.25) is 0 Å². The Labute approximate surface area is 82.9 Å². The molecule has 0 unspecified atom stereocenters. The van der Waals surface area contributed by atoms with Crippen LogP contribution in [-0.2, 0) is 0 Å². The van der Waals surface area contributed by atoms with Crippen LogP contribution in [0.25, 0.3) is 0 Å². The van der Waals surface area contributed by atoms with Gasteiger partial charge in [0.1, 0.15) is 0 Å². The van der Waals surface area contributed by atoms with E-state index in [-0.39, 0.29) is 0 Å². The minimum atomic E-state index is -0.621. The summed E-state index contributed by atoms with van der Waals surface area (Å²) in [5.41, 5.74) is 0. The van der Waals surface area contributed by atoms with Gasteiger partial charge in [-0.2, -0.15) is 0 Å². The van der Waals surface area contributed by atoms with Crippen molar-refractivity contribution >= 4 is 0 Å². The highest BCUT2D eigenvalue weighted by Gasteiger charge is 2.09. The van der Waals surface area contributed by atoms with Crippen molar-refractivity contribution in [3.05, 3.63) is 0 Å². The lowest BCUT2D eigenvalue weighted by molar-refractivity contribution is 0.293. The highest BCUT2D eigenvalue weighted by molar-refractivity contribution is 4.61. The Morgan fingerprint density at radius 2 is 1.46 bits per heavy atom. The summed E-state index contributed by atoms with van der Waals surface area (Å²) < 4.78 is 12.5. The molecule has 0 saturated carbocycles. The fraction of sp³-hybridized carbons (Fsp3) is 1.00. The lowest BCUT2D eigenvalue weighted by Gasteiger charge is -2.16. The molecule has 0 aromatic heterocycles. The van der Waals surface area contributed by atoms with Crippen LogP contribution in [0.1, 0.15) is 59.8 Å². The molecular weight excluding hydrogens is 163 g/mol. The van der Waals surface area contributed by atoms with Gasteiger partial charge in [-0.15, -0.1) is 0 Å². The van der Waals surface area contributed by atoms with Crippen LogP contribution < -0.4 is 0 Å². The van der Waals surface area contributed by atoms with Crippen LogP contribution in [0.3, 0.4) is 0 Å². The van der Waals surface area contributed by atoms with Crippen molar-refractivity contribution < 1.29 is 4.39 Å². The molecule has 80 valence electrons. The fourth-order valence-electron chi connectivity index (χ4n) is 1.93. The molecule has 0 nitrogen and oxygen atoms in total. The molecule has 0 aromatic rings. The molecule has 0 spiro atoms. The second-order valence-electron chi connectivity index (χ2n) is 4.59. The Morgan fingerprint density at radius 3 is 1.92 bits per heavy atom. The normalized spacial score (nSPS) is 18.2. The molecule has 0 radical (unpaired) electrons. The van der Waals surface area contributed by atoms with E-state index in [9.17, 15) is 4.39 Å². The van der Waals surface area contributed by atoms with Gasteiger partial charge in [-0.25, -0.2) is 4.39 Å². The first-order valence-electron chi connectivity index (χ1n) is 5.70. The van der Waals surface area contributed by atoms with Gasteiger partial charge in [-0.1, -0.05) is 33.6 Å². The lowest BCUT2D eigenvalue weighted by atomic mass is 9.90. The van der Waals surface area contributed by atoms with E-state index in [2.05, 4.69) is 20.8 Å². The van der Waals surface area contributed by atoms with Crippen LogP contribution >= 0.6 is 0 Å². The van der Waals surface area contributed by atoms with Crippen molar-refractivity contribution in [2.75, 3.05) is 0 Å². The van der Waals surface area contributed by atoms with Gasteiger partial charge < -0.3 is 0 Å². The van der Waals surface area contributed by atoms with E-state index in [1.807, 2.05) is 0 Å². The fourth-order valence-corrected chi connectivity index (χ4v) is 1.93. The number of halogens is 1. The Hall–Kier alpha value is -0.0700. The highest BCUT2D eigenvalue weighted by atomic mass is 19.1. The van der Waals surface area contributed by atoms with Gasteiger partial charge >= 0.3 is 0 Å². The van der Waals surface area contributed by atoms with E-state index in [1.54, 1.807) is 6.92 Å². The van der Waals surface area contributed by atoms with Crippen molar-refractivity contribution in [3.63, 3.8) is 0 Å². The second kappa shape index (κ2) is 7.34. The summed E-state index contributed by atoms with van der Waals surface area (Å²) in [5, 5.41) is 0. The lowest BCUT2D eigenvalue weighted by Crippen LogP contribution is -2.05. The molecule has 0 saturated heterocycles. The van der Waals surface area contributed by atoms with E-state index < -0.39 is 6.17 Å². The summed E-state index contributed by atoms with van der Waals surface area (Å²) in [6.45, 7) is 8.43. The second-order valence-corrected chi connectivity index (χ2v) is 4.59. The van der Waals surface area contributed by atoms with Crippen LogP contribution in [0, 0.1) is 11.8 Å². The first kappa shape index (κ1) is 12.9. The van der Waals surface area contributed by atoms with Crippen LogP contribution in [0.4, 0.5) is 4.39 Å². The molecule has 0 aliphatic rings. The van der Waals surface area contributed by atoms with Gasteiger partial charge in [0, 0.05) is 0 Å². The van der Waals surface area contributed by atoms with Crippen LogP contribution in [-0.4, -0.2) is 6.17 Å². The maximum Gasteiger partial charge on any atom is 0.0973 e. The maximum atomic E-state index is 12.5. The van der Waals surface area contributed by atoms with Crippen molar-refractivity contribution in [2.45, 2.75) is 66.0 Å². The SMILES string of the molecule is CCC[C@H](C)C[C@@H](C)CC[C@@H](C)F. The van der Waals surface area contributed by atoms with Gasteiger partial charge in [0.2, 0.25) is 0 Å². The average molecular weight is 188 g/mol. The van der Waals surface area contributed by atoms with Gasteiger partial charge in [-0.05, 0) is 38.0 Å². The standard InChI is InChI=1S/C12H25F/c1-5-6-10(2)9-11(3)7-8-12(4)13/h10-12H,5-9H2,1-4H3/t10-,11-,12+/m0/s1. The summed E-state index contributed by atoms with van der Waals surface area (Å²) >= 11 is 0. The Bertz CT molecular complexity index is 110. The van der Waals surface area contributed by atoms with Crippen LogP contribution in [0.5, 0.6) is 0 Å². The molecule has 0 heterocycles. The summed E-state index contributed by atoms with van der Waals surface area (Å²) in [6.07, 6.45) is 5.01. The minimum absolute atomic E-state index is 0.621. The molecule has 0 aliphatic heterocycles. The molecule has 1 heteroatoms. The molecule has 0 amide bonds. The quantitative estimate of drug-likeness (QED) is 0.548. The molecule has 0 aliphatic carbocycles. The molecule has 3 atom stereocenters. The molecule has 0 fully saturated rings. The monoisotopic (exact) mass is 188 g/mol. The summed E-state index contributed by atoms with van der Waals surface area (Å²) in [4.78, 5) is 0. The zero-order chi connectivity index (χ0) is 10.3. The molecule has 0 bridgehead atoms. The third kappa shape index (κ3) is 8.27. The number of hydrogen-bond acceptors (Lipinski definition) is 0. The third-order valence-corrected chi connectivity index (χ3v) is 2.64. The van der Waals surface area contributed by atoms with Crippen molar-refractivity contribution in [1.29, 1.82) is 0 Å². The Morgan fingerprint density at radius 1 is 0.923 bits per heavy atom. The van der Waals surface area contributed by atoms with Crippen molar-refractivity contribution in [3.8, 4) is 0 Å². The average Bonchev–Trinajstić information content (AvgIpc) is 2.01. The summed E-state index contributed by atoms with van der Waals surface area (Å²) in [5.74, 6) is 1.51. The van der Waals surface area contributed by atoms with E-state index in [4.69, 9.17) is 0 Å². The van der Waals surface area contributed by atoms with E-state index in [1.165, 1.54) is 19.3 Å². The van der Waals surface area contributed by atoms with Gasteiger partial charge in [0.15, 0.2) is 0 Å². The molecule has 0 N–H and O–H groups in total. The largest absolute Gasteiger partial charge is 0.248 e. The molecule has 0 rings (SSSR count). The smallest absolute Gasteiger partial charge is 0.0973 e. The van der Waals surface area contributed by atoms with Crippen LogP contribution in [0.2, 0.25) is 0 Å². The predicted octanol–water partition coefficient (Wildman–Crippen LogP) is 4.59. The number of hydrogen-bond donors (Lipinski definition) is 0. The summed E-state index contributed by atoms with van der Waals surface area (Å²) in [6, 6.07) is 0. The molecule has 0 aromatic carbocycles. The highest BCUT2D eigenvalue weighted by Crippen LogP contribution is 2.21.